The fraction of sp³-hybridized carbons (Fsp3) is 0.294. The molecule has 0 fully saturated rings. The molecule has 4 heteroatoms. The average Bonchev–Trinajstić information content (AvgIpc) is 2.51. The lowest BCUT2D eigenvalue weighted by molar-refractivity contribution is 0.449. The van der Waals surface area contributed by atoms with E-state index in [0.717, 1.165) is 24.5 Å². The number of rotatable bonds is 5. The Morgan fingerprint density at radius 1 is 0.952 bits per heavy atom. The third-order valence-electron chi connectivity index (χ3n) is 3.66. The first-order valence-electron chi connectivity index (χ1n) is 6.93. The summed E-state index contributed by atoms with van der Waals surface area (Å²) in [5.41, 5.74) is 1.74. The van der Waals surface area contributed by atoms with Crippen molar-refractivity contribution in [2.24, 2.45) is 0 Å². The summed E-state index contributed by atoms with van der Waals surface area (Å²) >= 11 is 0. The summed E-state index contributed by atoms with van der Waals surface area (Å²) in [4.78, 5) is 0. The Kier molecular flexibility index (Phi) is 5.02. The van der Waals surface area contributed by atoms with Gasteiger partial charge in [-0.05, 0) is 50.1 Å². The highest BCUT2D eigenvalue weighted by Crippen LogP contribution is 2.26. The second-order valence-corrected chi connectivity index (χ2v) is 5.15. The van der Waals surface area contributed by atoms with Gasteiger partial charge in [-0.1, -0.05) is 24.3 Å². The predicted molar refractivity (Wildman–Crippen MR) is 78.6 cm³/mol. The van der Waals surface area contributed by atoms with Crippen LogP contribution in [0, 0.1) is 17.5 Å². The molecule has 0 saturated carbocycles. The molecule has 0 saturated heterocycles. The van der Waals surface area contributed by atoms with Crippen molar-refractivity contribution >= 4 is 0 Å². The van der Waals surface area contributed by atoms with Crippen LogP contribution < -0.4 is 5.32 Å². The van der Waals surface area contributed by atoms with Gasteiger partial charge in [0.1, 0.15) is 0 Å². The highest BCUT2D eigenvalue weighted by molar-refractivity contribution is 5.64. The molecule has 0 bridgehead atoms. The molecule has 2 aromatic rings. The Morgan fingerprint density at radius 2 is 1.62 bits per heavy atom. The molecule has 0 radical (unpaired) electrons. The minimum Gasteiger partial charge on any atom is -0.317 e. The van der Waals surface area contributed by atoms with Crippen molar-refractivity contribution in [3.05, 3.63) is 59.4 Å². The van der Waals surface area contributed by atoms with Crippen molar-refractivity contribution in [3.63, 3.8) is 0 Å². The van der Waals surface area contributed by atoms with Crippen LogP contribution in [0.2, 0.25) is 0 Å². The Balaban J connectivity index is 2.18. The van der Waals surface area contributed by atoms with Gasteiger partial charge in [0.25, 0.3) is 0 Å². The Labute approximate surface area is 122 Å². The minimum atomic E-state index is -1.43. The number of halogens is 3. The highest BCUT2D eigenvalue weighted by atomic mass is 19.2. The summed E-state index contributed by atoms with van der Waals surface area (Å²) < 4.78 is 39.9. The van der Waals surface area contributed by atoms with E-state index in [0.29, 0.717) is 11.6 Å². The van der Waals surface area contributed by atoms with Crippen LogP contribution in [0.15, 0.2) is 36.4 Å². The van der Waals surface area contributed by atoms with Crippen LogP contribution >= 0.6 is 0 Å². The molecule has 0 aliphatic carbocycles. The van der Waals surface area contributed by atoms with Crippen LogP contribution in [0.1, 0.15) is 18.9 Å². The molecular weight excluding hydrogens is 275 g/mol. The minimum absolute atomic E-state index is 0.0732. The van der Waals surface area contributed by atoms with Gasteiger partial charge in [-0.25, -0.2) is 13.2 Å². The maximum Gasteiger partial charge on any atom is 0.195 e. The molecule has 1 nitrogen and oxygen atoms in total. The molecule has 0 spiro atoms. The molecule has 0 heterocycles. The van der Waals surface area contributed by atoms with Gasteiger partial charge in [0.2, 0.25) is 0 Å². The Hall–Kier alpha value is -1.81. The van der Waals surface area contributed by atoms with Crippen LogP contribution in [0.25, 0.3) is 11.1 Å². The van der Waals surface area contributed by atoms with Crippen molar-refractivity contribution in [2.45, 2.75) is 25.8 Å². The van der Waals surface area contributed by atoms with Crippen molar-refractivity contribution < 1.29 is 13.2 Å². The molecular formula is C17H18F3N. The monoisotopic (exact) mass is 293 g/mol. The zero-order chi connectivity index (χ0) is 15.4. The van der Waals surface area contributed by atoms with E-state index in [4.69, 9.17) is 0 Å². The van der Waals surface area contributed by atoms with Gasteiger partial charge in [0.05, 0.1) is 0 Å². The summed E-state index contributed by atoms with van der Waals surface area (Å²) in [5.74, 6) is -3.75. The van der Waals surface area contributed by atoms with E-state index >= 15 is 0 Å². The van der Waals surface area contributed by atoms with E-state index in [2.05, 4.69) is 12.2 Å². The summed E-state index contributed by atoms with van der Waals surface area (Å²) in [6.45, 7) is 2.10. The molecule has 0 aromatic heterocycles. The quantitative estimate of drug-likeness (QED) is 0.810. The molecule has 1 unspecified atom stereocenters. The van der Waals surface area contributed by atoms with E-state index in [1.165, 1.54) is 6.07 Å². The summed E-state index contributed by atoms with van der Waals surface area (Å²) in [5, 5.41) is 3.16. The fourth-order valence-electron chi connectivity index (χ4n) is 2.13. The van der Waals surface area contributed by atoms with E-state index in [9.17, 15) is 13.2 Å². The van der Waals surface area contributed by atoms with Crippen molar-refractivity contribution in [2.75, 3.05) is 7.05 Å². The zero-order valence-electron chi connectivity index (χ0n) is 12.1. The van der Waals surface area contributed by atoms with Crippen molar-refractivity contribution in [3.8, 4) is 11.1 Å². The van der Waals surface area contributed by atoms with Crippen LogP contribution in [-0.2, 0) is 6.42 Å². The molecule has 1 N–H and O–H groups in total. The zero-order valence-corrected chi connectivity index (χ0v) is 12.1. The lowest BCUT2D eigenvalue weighted by Crippen LogP contribution is -2.21. The smallest absolute Gasteiger partial charge is 0.195 e. The number of aryl methyl sites for hydroxylation is 1. The van der Waals surface area contributed by atoms with Gasteiger partial charge < -0.3 is 5.32 Å². The lowest BCUT2D eigenvalue weighted by atomic mass is 10.0. The number of benzene rings is 2. The van der Waals surface area contributed by atoms with E-state index < -0.39 is 17.5 Å². The lowest BCUT2D eigenvalue weighted by Gasteiger charge is -2.10. The topological polar surface area (TPSA) is 12.0 Å². The van der Waals surface area contributed by atoms with Crippen LogP contribution in [0.4, 0.5) is 13.2 Å². The molecule has 0 aliphatic heterocycles. The summed E-state index contributed by atoms with van der Waals surface area (Å²) in [6.07, 6.45) is 1.90. The normalized spacial score (nSPS) is 12.4. The van der Waals surface area contributed by atoms with E-state index in [1.807, 2.05) is 19.2 Å². The third-order valence-corrected chi connectivity index (χ3v) is 3.66. The molecule has 112 valence electrons. The molecule has 1 atom stereocenters. The summed E-state index contributed by atoms with van der Waals surface area (Å²) in [6, 6.07) is 9.86. The van der Waals surface area contributed by atoms with Crippen LogP contribution in [0.3, 0.4) is 0 Å². The maximum atomic E-state index is 13.7. The predicted octanol–water partition coefficient (Wildman–Crippen LogP) is 4.31. The summed E-state index contributed by atoms with van der Waals surface area (Å²) in [7, 11) is 1.92. The highest BCUT2D eigenvalue weighted by Gasteiger charge is 2.14. The van der Waals surface area contributed by atoms with E-state index in [-0.39, 0.29) is 5.56 Å². The second-order valence-electron chi connectivity index (χ2n) is 5.15. The van der Waals surface area contributed by atoms with Gasteiger partial charge in [0, 0.05) is 11.6 Å². The maximum absolute atomic E-state index is 13.7. The van der Waals surface area contributed by atoms with Gasteiger partial charge in [-0.15, -0.1) is 0 Å². The number of hydrogen-bond acceptors (Lipinski definition) is 1. The number of nitrogens with one attached hydrogen (secondary N) is 1. The first-order valence-corrected chi connectivity index (χ1v) is 6.93. The standard InChI is InChI=1S/C17H18F3N/c1-11(21-2)3-4-12-5-7-13(8-6-12)14-9-10-15(18)17(20)16(14)19/h5-11,21H,3-4H2,1-2H3. The van der Waals surface area contributed by atoms with Gasteiger partial charge in [-0.2, -0.15) is 0 Å². The Morgan fingerprint density at radius 3 is 2.24 bits per heavy atom. The largest absolute Gasteiger partial charge is 0.317 e. The molecule has 2 rings (SSSR count). The fourth-order valence-corrected chi connectivity index (χ4v) is 2.13. The second kappa shape index (κ2) is 6.76. The Bertz CT molecular complexity index is 608. The van der Waals surface area contributed by atoms with Crippen LogP contribution in [-0.4, -0.2) is 13.1 Å². The van der Waals surface area contributed by atoms with Gasteiger partial charge >= 0.3 is 0 Å². The van der Waals surface area contributed by atoms with Crippen LogP contribution in [0.5, 0.6) is 0 Å². The average molecular weight is 293 g/mol. The molecule has 2 aromatic carbocycles. The van der Waals surface area contributed by atoms with E-state index in [1.54, 1.807) is 12.1 Å². The molecule has 0 aliphatic rings. The first kappa shape index (κ1) is 15.6. The number of hydrogen-bond donors (Lipinski definition) is 1. The molecule has 21 heavy (non-hydrogen) atoms. The third kappa shape index (κ3) is 3.64. The van der Waals surface area contributed by atoms with Gasteiger partial charge in [0.15, 0.2) is 17.5 Å². The SMILES string of the molecule is CNC(C)CCc1ccc(-c2ccc(F)c(F)c2F)cc1. The molecule has 0 amide bonds. The van der Waals surface area contributed by atoms with Gasteiger partial charge in [-0.3, -0.25) is 0 Å². The first-order chi connectivity index (χ1) is 10.0. The van der Waals surface area contributed by atoms with Crippen molar-refractivity contribution in [1.29, 1.82) is 0 Å². The van der Waals surface area contributed by atoms with Crippen molar-refractivity contribution in [1.82, 2.24) is 5.32 Å².